The number of nitrogens with zero attached hydrogens (tertiary/aromatic N) is 5. The van der Waals surface area contributed by atoms with Crippen LogP contribution in [0.5, 0.6) is 0 Å². The van der Waals surface area contributed by atoms with Crippen LogP contribution in [0.1, 0.15) is 23.5 Å². The molecule has 2 rings (SSSR count). The van der Waals surface area contributed by atoms with Gasteiger partial charge in [-0.2, -0.15) is 5.21 Å². The summed E-state index contributed by atoms with van der Waals surface area (Å²) in [5.74, 6) is -0.0372. The molecule has 0 aromatic carbocycles. The molecule has 16 heavy (non-hydrogen) atoms. The lowest BCUT2D eigenvalue weighted by molar-refractivity contribution is 0.0632. The second-order valence-electron chi connectivity index (χ2n) is 4.21. The van der Waals surface area contributed by atoms with Crippen molar-refractivity contribution in [2.45, 2.75) is 18.9 Å². The van der Waals surface area contributed by atoms with E-state index in [9.17, 15) is 4.79 Å². The summed E-state index contributed by atoms with van der Waals surface area (Å²) < 4.78 is 0. The number of nitrogens with one attached hydrogen (secondary N) is 1. The molecule has 1 unspecified atom stereocenters. The van der Waals surface area contributed by atoms with Gasteiger partial charge in [0.2, 0.25) is 0 Å². The van der Waals surface area contributed by atoms with Crippen LogP contribution in [-0.2, 0) is 0 Å². The van der Waals surface area contributed by atoms with E-state index < -0.39 is 0 Å². The maximum atomic E-state index is 11.9. The van der Waals surface area contributed by atoms with E-state index in [0.29, 0.717) is 0 Å². The third kappa shape index (κ3) is 2.19. The predicted octanol–water partition coefficient (Wildman–Crippen LogP) is -0.634. The number of likely N-dealkylation sites (N-methyl/N-ethyl adjacent to an activating group) is 2. The van der Waals surface area contributed by atoms with Crippen molar-refractivity contribution in [3.05, 3.63) is 5.82 Å². The molecule has 1 aromatic rings. The van der Waals surface area contributed by atoms with Crippen LogP contribution in [0.4, 0.5) is 0 Å². The molecule has 88 valence electrons. The molecule has 1 aromatic heterocycles. The standard InChI is InChI=1S/C9H16N6O/c1-14-5-3-4-7(6-14)15(2)9(16)8-10-12-13-11-8/h7H,3-6H2,1-2H3,(H,10,11,12,13). The second-order valence-corrected chi connectivity index (χ2v) is 4.21. The first-order chi connectivity index (χ1) is 7.68. The van der Waals surface area contributed by atoms with Gasteiger partial charge in [-0.05, 0) is 31.6 Å². The van der Waals surface area contributed by atoms with Gasteiger partial charge in [-0.25, -0.2) is 0 Å². The van der Waals surface area contributed by atoms with E-state index in [1.165, 1.54) is 0 Å². The number of hydrogen-bond acceptors (Lipinski definition) is 5. The highest BCUT2D eigenvalue weighted by molar-refractivity contribution is 5.90. The molecule has 0 bridgehead atoms. The van der Waals surface area contributed by atoms with Gasteiger partial charge in [-0.15, -0.1) is 10.2 Å². The SMILES string of the molecule is CN1CCCC(N(C)C(=O)c2nn[nH]n2)C1. The molecule has 0 spiro atoms. The Kier molecular flexibility index (Phi) is 3.14. The van der Waals surface area contributed by atoms with Crippen LogP contribution in [0.25, 0.3) is 0 Å². The Balaban J connectivity index is 2.01. The molecular weight excluding hydrogens is 208 g/mol. The predicted molar refractivity (Wildman–Crippen MR) is 56.8 cm³/mol. The largest absolute Gasteiger partial charge is 0.335 e. The first-order valence-electron chi connectivity index (χ1n) is 5.37. The average molecular weight is 224 g/mol. The smallest absolute Gasteiger partial charge is 0.295 e. The zero-order chi connectivity index (χ0) is 11.5. The Labute approximate surface area is 93.8 Å². The molecule has 1 aliphatic rings. The minimum atomic E-state index is -0.172. The van der Waals surface area contributed by atoms with Crippen LogP contribution in [0.3, 0.4) is 0 Å². The normalized spacial score (nSPS) is 22.0. The number of aromatic amines is 1. The number of hydrogen-bond donors (Lipinski definition) is 1. The summed E-state index contributed by atoms with van der Waals surface area (Å²) in [4.78, 5) is 15.9. The molecule has 7 heteroatoms. The van der Waals surface area contributed by atoms with Gasteiger partial charge in [0.25, 0.3) is 11.7 Å². The van der Waals surface area contributed by atoms with Crippen LogP contribution in [0, 0.1) is 0 Å². The van der Waals surface area contributed by atoms with Gasteiger partial charge in [0, 0.05) is 19.6 Å². The molecule has 1 amide bonds. The van der Waals surface area contributed by atoms with Crippen molar-refractivity contribution in [3.63, 3.8) is 0 Å². The lowest BCUT2D eigenvalue weighted by Gasteiger charge is -2.35. The Morgan fingerprint density at radius 2 is 2.44 bits per heavy atom. The van der Waals surface area contributed by atoms with Gasteiger partial charge < -0.3 is 9.80 Å². The number of likely N-dealkylation sites (tertiary alicyclic amines) is 1. The van der Waals surface area contributed by atoms with Crippen molar-refractivity contribution < 1.29 is 4.79 Å². The summed E-state index contributed by atoms with van der Waals surface area (Å²) in [6, 6.07) is 0.241. The van der Waals surface area contributed by atoms with Crippen molar-refractivity contribution in [1.82, 2.24) is 30.4 Å². The van der Waals surface area contributed by atoms with E-state index in [4.69, 9.17) is 0 Å². The van der Waals surface area contributed by atoms with Crippen molar-refractivity contribution in [1.29, 1.82) is 0 Å². The fourth-order valence-electron chi connectivity index (χ4n) is 2.03. The van der Waals surface area contributed by atoms with Crippen LogP contribution in [0.15, 0.2) is 0 Å². The zero-order valence-corrected chi connectivity index (χ0v) is 9.55. The van der Waals surface area contributed by atoms with Crippen molar-refractivity contribution in [3.8, 4) is 0 Å². The summed E-state index contributed by atoms with van der Waals surface area (Å²) >= 11 is 0. The Hall–Kier alpha value is -1.50. The monoisotopic (exact) mass is 224 g/mol. The minimum absolute atomic E-state index is 0.135. The first-order valence-corrected chi connectivity index (χ1v) is 5.37. The molecule has 2 heterocycles. The summed E-state index contributed by atoms with van der Waals surface area (Å²) in [6.45, 7) is 2.00. The van der Waals surface area contributed by atoms with Gasteiger partial charge in [0.05, 0.1) is 0 Å². The molecular formula is C9H16N6O. The Morgan fingerprint density at radius 3 is 3.06 bits per heavy atom. The van der Waals surface area contributed by atoms with Gasteiger partial charge in [0.15, 0.2) is 0 Å². The van der Waals surface area contributed by atoms with Gasteiger partial charge >= 0.3 is 0 Å². The third-order valence-corrected chi connectivity index (χ3v) is 3.00. The van der Waals surface area contributed by atoms with Crippen LogP contribution in [0.2, 0.25) is 0 Å². The number of aromatic nitrogens is 4. The van der Waals surface area contributed by atoms with Crippen molar-refractivity contribution in [2.24, 2.45) is 0 Å². The van der Waals surface area contributed by atoms with Crippen LogP contribution in [-0.4, -0.2) is 69.6 Å². The lowest BCUT2D eigenvalue weighted by atomic mass is 10.1. The maximum Gasteiger partial charge on any atom is 0.295 e. The van der Waals surface area contributed by atoms with E-state index >= 15 is 0 Å². The minimum Gasteiger partial charge on any atom is -0.335 e. The molecule has 0 radical (unpaired) electrons. The van der Waals surface area contributed by atoms with E-state index in [2.05, 4.69) is 32.6 Å². The third-order valence-electron chi connectivity index (χ3n) is 3.00. The molecule has 1 aliphatic heterocycles. The van der Waals surface area contributed by atoms with E-state index in [1.54, 1.807) is 11.9 Å². The molecule has 1 fully saturated rings. The molecule has 7 nitrogen and oxygen atoms in total. The van der Waals surface area contributed by atoms with Crippen LogP contribution >= 0.6 is 0 Å². The molecule has 0 saturated carbocycles. The maximum absolute atomic E-state index is 11.9. The summed E-state index contributed by atoms with van der Waals surface area (Å²) in [5.41, 5.74) is 0. The van der Waals surface area contributed by atoms with Crippen molar-refractivity contribution in [2.75, 3.05) is 27.2 Å². The van der Waals surface area contributed by atoms with Crippen molar-refractivity contribution >= 4 is 5.91 Å². The highest BCUT2D eigenvalue weighted by Gasteiger charge is 2.26. The summed E-state index contributed by atoms with van der Waals surface area (Å²) in [6.07, 6.45) is 2.15. The Bertz CT molecular complexity index is 351. The average Bonchev–Trinajstić information content (AvgIpc) is 2.80. The number of amides is 1. The lowest BCUT2D eigenvalue weighted by Crippen LogP contribution is -2.47. The first kappa shape index (κ1) is 11.0. The summed E-state index contributed by atoms with van der Waals surface area (Å²) in [5, 5.41) is 13.1. The number of piperidine rings is 1. The Morgan fingerprint density at radius 1 is 1.62 bits per heavy atom. The molecule has 1 N–H and O–H groups in total. The highest BCUT2D eigenvalue weighted by Crippen LogP contribution is 2.14. The number of rotatable bonds is 2. The highest BCUT2D eigenvalue weighted by atomic mass is 16.2. The quantitative estimate of drug-likeness (QED) is 0.723. The van der Waals surface area contributed by atoms with E-state index in [-0.39, 0.29) is 17.8 Å². The number of carbonyl (C=O) groups is 1. The topological polar surface area (TPSA) is 78.0 Å². The fraction of sp³-hybridized carbons (Fsp3) is 0.778. The fourth-order valence-corrected chi connectivity index (χ4v) is 2.03. The number of H-pyrrole nitrogens is 1. The van der Waals surface area contributed by atoms with E-state index in [1.807, 2.05) is 0 Å². The molecule has 0 aliphatic carbocycles. The van der Waals surface area contributed by atoms with Crippen LogP contribution < -0.4 is 0 Å². The van der Waals surface area contributed by atoms with Gasteiger partial charge in [-0.3, -0.25) is 4.79 Å². The second kappa shape index (κ2) is 4.56. The summed E-state index contributed by atoms with van der Waals surface area (Å²) in [7, 11) is 3.86. The molecule has 1 atom stereocenters. The zero-order valence-electron chi connectivity index (χ0n) is 9.55. The number of tetrazole rings is 1. The van der Waals surface area contributed by atoms with E-state index in [0.717, 1.165) is 25.9 Å². The number of carbonyl (C=O) groups excluding carboxylic acids is 1. The van der Waals surface area contributed by atoms with Gasteiger partial charge in [0.1, 0.15) is 0 Å². The van der Waals surface area contributed by atoms with Gasteiger partial charge in [-0.1, -0.05) is 0 Å². The molecule has 1 saturated heterocycles.